The standard InChI is InChI=1S/C18H16F2O3S/c1-22-16-11-12(4-10-17(16)24-2)3-9-15(21)13-5-7-14(8-6-13)23-18(19)20/h3-11,18H,1-2H3. The second-order valence-electron chi connectivity index (χ2n) is 4.71. The second-order valence-corrected chi connectivity index (χ2v) is 5.56. The summed E-state index contributed by atoms with van der Waals surface area (Å²) < 4.78 is 33.7. The maximum Gasteiger partial charge on any atom is 0.387 e. The predicted octanol–water partition coefficient (Wildman–Crippen LogP) is 4.91. The molecular weight excluding hydrogens is 334 g/mol. The Bertz CT molecular complexity index is 728. The van der Waals surface area contributed by atoms with E-state index in [-0.39, 0.29) is 11.5 Å². The Balaban J connectivity index is 2.10. The van der Waals surface area contributed by atoms with Crippen LogP contribution in [0, 0.1) is 0 Å². The monoisotopic (exact) mass is 350 g/mol. The molecular formula is C18H16F2O3S. The zero-order valence-electron chi connectivity index (χ0n) is 13.2. The fourth-order valence-corrected chi connectivity index (χ4v) is 2.57. The van der Waals surface area contributed by atoms with Crippen molar-refractivity contribution in [2.24, 2.45) is 0 Å². The molecule has 0 atom stereocenters. The minimum absolute atomic E-state index is 0.0166. The molecule has 0 amide bonds. The molecule has 0 radical (unpaired) electrons. The van der Waals surface area contributed by atoms with Crippen molar-refractivity contribution < 1.29 is 23.0 Å². The Kier molecular flexibility index (Phi) is 6.37. The number of thioether (sulfide) groups is 1. The van der Waals surface area contributed by atoms with E-state index in [1.807, 2.05) is 24.5 Å². The molecule has 2 aromatic carbocycles. The van der Waals surface area contributed by atoms with E-state index in [1.54, 1.807) is 24.9 Å². The number of benzene rings is 2. The first-order chi connectivity index (χ1) is 11.5. The summed E-state index contributed by atoms with van der Waals surface area (Å²) in [4.78, 5) is 13.1. The smallest absolute Gasteiger partial charge is 0.387 e. The van der Waals surface area contributed by atoms with Crippen molar-refractivity contribution in [3.05, 3.63) is 59.7 Å². The van der Waals surface area contributed by atoms with Crippen molar-refractivity contribution in [3.8, 4) is 11.5 Å². The fraction of sp³-hybridized carbons (Fsp3) is 0.167. The van der Waals surface area contributed by atoms with Gasteiger partial charge in [-0.05, 0) is 54.3 Å². The predicted molar refractivity (Wildman–Crippen MR) is 91.2 cm³/mol. The van der Waals surface area contributed by atoms with Crippen LogP contribution >= 0.6 is 11.8 Å². The molecule has 0 unspecified atom stereocenters. The van der Waals surface area contributed by atoms with E-state index in [2.05, 4.69) is 4.74 Å². The van der Waals surface area contributed by atoms with Crippen LogP contribution in [0.3, 0.4) is 0 Å². The quantitative estimate of drug-likeness (QED) is 0.404. The van der Waals surface area contributed by atoms with Gasteiger partial charge in [-0.15, -0.1) is 11.8 Å². The van der Waals surface area contributed by atoms with Gasteiger partial charge >= 0.3 is 6.61 Å². The molecule has 2 aromatic rings. The van der Waals surface area contributed by atoms with E-state index >= 15 is 0 Å². The van der Waals surface area contributed by atoms with Gasteiger partial charge in [-0.3, -0.25) is 4.79 Å². The molecule has 3 nitrogen and oxygen atoms in total. The number of rotatable bonds is 7. The van der Waals surface area contributed by atoms with Crippen molar-refractivity contribution in [3.63, 3.8) is 0 Å². The molecule has 2 rings (SSSR count). The normalized spacial score (nSPS) is 11.0. The highest BCUT2D eigenvalue weighted by molar-refractivity contribution is 7.98. The fourth-order valence-electron chi connectivity index (χ4n) is 2.03. The van der Waals surface area contributed by atoms with Crippen molar-refractivity contribution >= 4 is 23.6 Å². The molecule has 0 fully saturated rings. The van der Waals surface area contributed by atoms with Gasteiger partial charge in [-0.1, -0.05) is 12.1 Å². The highest BCUT2D eigenvalue weighted by Gasteiger charge is 2.07. The van der Waals surface area contributed by atoms with Gasteiger partial charge in [0.2, 0.25) is 0 Å². The number of methoxy groups -OCH3 is 1. The first-order valence-electron chi connectivity index (χ1n) is 7.03. The lowest BCUT2D eigenvalue weighted by atomic mass is 10.1. The largest absolute Gasteiger partial charge is 0.496 e. The number of alkyl halides is 2. The minimum Gasteiger partial charge on any atom is -0.496 e. The highest BCUT2D eigenvalue weighted by atomic mass is 32.2. The number of carbonyl (C=O) groups is 1. The molecule has 6 heteroatoms. The third kappa shape index (κ3) is 4.83. The molecule has 0 aliphatic carbocycles. The lowest BCUT2D eigenvalue weighted by Gasteiger charge is -2.06. The van der Waals surface area contributed by atoms with E-state index in [0.717, 1.165) is 16.2 Å². The molecule has 0 spiro atoms. The number of halogens is 2. The van der Waals surface area contributed by atoms with E-state index < -0.39 is 6.61 Å². The molecule has 0 saturated heterocycles. The molecule has 0 heterocycles. The highest BCUT2D eigenvalue weighted by Crippen LogP contribution is 2.28. The number of allylic oxidation sites excluding steroid dienone is 1. The van der Waals surface area contributed by atoms with Gasteiger partial charge in [-0.25, -0.2) is 0 Å². The molecule has 0 aliphatic rings. The minimum atomic E-state index is -2.88. The Morgan fingerprint density at radius 1 is 1.17 bits per heavy atom. The molecule has 24 heavy (non-hydrogen) atoms. The van der Waals surface area contributed by atoms with Gasteiger partial charge in [0.1, 0.15) is 11.5 Å². The second kappa shape index (κ2) is 8.49. The van der Waals surface area contributed by atoms with Crippen LogP contribution in [0.5, 0.6) is 11.5 Å². The topological polar surface area (TPSA) is 35.5 Å². The van der Waals surface area contributed by atoms with Crippen LogP contribution in [-0.2, 0) is 0 Å². The van der Waals surface area contributed by atoms with Gasteiger partial charge < -0.3 is 9.47 Å². The van der Waals surface area contributed by atoms with E-state index in [9.17, 15) is 13.6 Å². The first-order valence-corrected chi connectivity index (χ1v) is 8.25. The Morgan fingerprint density at radius 2 is 1.88 bits per heavy atom. The molecule has 126 valence electrons. The van der Waals surface area contributed by atoms with Gasteiger partial charge in [0.25, 0.3) is 0 Å². The number of carbonyl (C=O) groups excluding carboxylic acids is 1. The van der Waals surface area contributed by atoms with Crippen LogP contribution in [0.15, 0.2) is 53.4 Å². The summed E-state index contributed by atoms with van der Waals surface area (Å²) in [6.07, 6.45) is 5.06. The van der Waals surface area contributed by atoms with Gasteiger partial charge in [0.15, 0.2) is 5.78 Å². The zero-order chi connectivity index (χ0) is 17.5. The SMILES string of the molecule is COc1cc(C=CC(=O)c2ccc(OC(F)F)cc2)ccc1SC. The average Bonchev–Trinajstić information content (AvgIpc) is 2.59. The van der Waals surface area contributed by atoms with Crippen molar-refractivity contribution in [2.75, 3.05) is 13.4 Å². The third-order valence-electron chi connectivity index (χ3n) is 3.20. The Labute approximate surface area is 143 Å². The van der Waals surface area contributed by atoms with Crippen LogP contribution in [0.1, 0.15) is 15.9 Å². The Hall–Kier alpha value is -2.34. The molecule has 0 aliphatic heterocycles. The summed E-state index contributed by atoms with van der Waals surface area (Å²) in [5, 5.41) is 0. The van der Waals surface area contributed by atoms with Crippen LogP contribution < -0.4 is 9.47 Å². The molecule has 0 N–H and O–H groups in total. The summed E-state index contributed by atoms with van der Waals surface area (Å²) in [6.45, 7) is -2.88. The summed E-state index contributed by atoms with van der Waals surface area (Å²) >= 11 is 1.57. The van der Waals surface area contributed by atoms with Gasteiger partial charge in [0, 0.05) is 10.5 Å². The average molecular weight is 350 g/mol. The van der Waals surface area contributed by atoms with Crippen LogP contribution in [0.2, 0.25) is 0 Å². The van der Waals surface area contributed by atoms with Crippen LogP contribution in [0.4, 0.5) is 8.78 Å². The van der Waals surface area contributed by atoms with Crippen LogP contribution in [0.25, 0.3) is 6.08 Å². The third-order valence-corrected chi connectivity index (χ3v) is 3.98. The summed E-state index contributed by atoms with van der Waals surface area (Å²) in [5.41, 5.74) is 1.22. The van der Waals surface area contributed by atoms with Crippen LogP contribution in [-0.4, -0.2) is 25.8 Å². The number of ketones is 1. The molecule has 0 saturated carbocycles. The lowest BCUT2D eigenvalue weighted by molar-refractivity contribution is -0.0498. The van der Waals surface area contributed by atoms with Crippen molar-refractivity contribution in [2.45, 2.75) is 11.5 Å². The maximum atomic E-state index is 12.1. The first kappa shape index (κ1) is 18.0. The molecule has 0 bridgehead atoms. The Morgan fingerprint density at radius 3 is 2.46 bits per heavy atom. The van der Waals surface area contributed by atoms with Crippen molar-refractivity contribution in [1.82, 2.24) is 0 Å². The number of ether oxygens (including phenoxy) is 2. The van der Waals surface area contributed by atoms with E-state index in [0.29, 0.717) is 5.56 Å². The van der Waals surface area contributed by atoms with E-state index in [1.165, 1.54) is 30.3 Å². The summed E-state index contributed by atoms with van der Waals surface area (Å²) in [7, 11) is 1.59. The summed E-state index contributed by atoms with van der Waals surface area (Å²) in [6, 6.07) is 11.2. The lowest BCUT2D eigenvalue weighted by Crippen LogP contribution is -2.02. The summed E-state index contributed by atoms with van der Waals surface area (Å²) in [5.74, 6) is 0.528. The number of hydrogen-bond donors (Lipinski definition) is 0. The van der Waals surface area contributed by atoms with E-state index in [4.69, 9.17) is 4.74 Å². The van der Waals surface area contributed by atoms with Gasteiger partial charge in [-0.2, -0.15) is 8.78 Å². The van der Waals surface area contributed by atoms with Crippen molar-refractivity contribution in [1.29, 1.82) is 0 Å². The maximum absolute atomic E-state index is 12.1. The zero-order valence-corrected chi connectivity index (χ0v) is 14.0. The van der Waals surface area contributed by atoms with Gasteiger partial charge in [0.05, 0.1) is 7.11 Å². The molecule has 0 aromatic heterocycles. The number of hydrogen-bond acceptors (Lipinski definition) is 4.